The van der Waals surface area contributed by atoms with Crippen molar-refractivity contribution in [2.45, 2.75) is 38.6 Å². The molecule has 1 saturated heterocycles. The lowest BCUT2D eigenvalue weighted by Crippen LogP contribution is -2.52. The summed E-state index contributed by atoms with van der Waals surface area (Å²) in [5, 5.41) is 11.6. The number of amides is 2. The maximum Gasteiger partial charge on any atom is 0.251 e. The maximum atomic E-state index is 13.2. The zero-order chi connectivity index (χ0) is 21.1. The summed E-state index contributed by atoms with van der Waals surface area (Å²) in [6, 6.07) is 14.3. The fraction of sp³-hybridized carbons (Fsp3) is 0.391. The van der Waals surface area contributed by atoms with Crippen LogP contribution >= 0.6 is 0 Å². The summed E-state index contributed by atoms with van der Waals surface area (Å²) in [5.41, 5.74) is 1.41. The monoisotopic (exact) mass is 405 g/mol. The number of rotatable bonds is 5. The largest absolute Gasteiger partial charge is 0.341 e. The lowest BCUT2D eigenvalue weighted by atomic mass is 9.94. The normalized spacial score (nSPS) is 16.0. The second-order valence-corrected chi connectivity index (χ2v) is 8.15. The van der Waals surface area contributed by atoms with Crippen LogP contribution in [-0.4, -0.2) is 50.4 Å². The Labute approximate surface area is 176 Å². The van der Waals surface area contributed by atoms with E-state index < -0.39 is 6.04 Å². The van der Waals surface area contributed by atoms with Gasteiger partial charge in [-0.05, 0) is 43.0 Å². The van der Waals surface area contributed by atoms with Crippen LogP contribution in [0, 0.1) is 5.92 Å². The van der Waals surface area contributed by atoms with Gasteiger partial charge in [0.1, 0.15) is 11.9 Å². The van der Waals surface area contributed by atoms with E-state index in [9.17, 15) is 9.59 Å². The number of pyridine rings is 1. The van der Waals surface area contributed by atoms with E-state index in [1.165, 1.54) is 0 Å². The number of fused-ring (bicyclic) bond motifs is 1. The predicted octanol–water partition coefficient (Wildman–Crippen LogP) is 2.89. The molecule has 0 bridgehead atoms. The molecule has 3 heterocycles. The van der Waals surface area contributed by atoms with E-state index in [1.807, 2.05) is 65.7 Å². The van der Waals surface area contributed by atoms with Crippen LogP contribution in [0.4, 0.5) is 0 Å². The van der Waals surface area contributed by atoms with E-state index in [0.717, 1.165) is 24.3 Å². The fourth-order valence-electron chi connectivity index (χ4n) is 4.02. The second-order valence-electron chi connectivity index (χ2n) is 8.15. The lowest BCUT2D eigenvalue weighted by Gasteiger charge is -2.35. The number of hydrogen-bond acceptors (Lipinski definition) is 4. The van der Waals surface area contributed by atoms with Crippen molar-refractivity contribution in [3.8, 4) is 0 Å². The van der Waals surface area contributed by atoms with Crippen LogP contribution in [0.1, 0.15) is 48.8 Å². The van der Waals surface area contributed by atoms with Crippen molar-refractivity contribution in [1.82, 2.24) is 24.8 Å². The molecule has 1 aromatic carbocycles. The average Bonchev–Trinajstić information content (AvgIpc) is 3.21. The van der Waals surface area contributed by atoms with Crippen molar-refractivity contribution >= 4 is 17.5 Å². The minimum atomic E-state index is -0.539. The van der Waals surface area contributed by atoms with Crippen LogP contribution in [0.2, 0.25) is 0 Å². The molecule has 1 fully saturated rings. The van der Waals surface area contributed by atoms with Gasteiger partial charge in [0.25, 0.3) is 5.91 Å². The molecular weight excluding hydrogens is 378 g/mol. The third-order valence-corrected chi connectivity index (χ3v) is 5.77. The van der Waals surface area contributed by atoms with Crippen molar-refractivity contribution in [3.63, 3.8) is 0 Å². The summed E-state index contributed by atoms with van der Waals surface area (Å²) in [4.78, 5) is 27.6. The molecule has 0 unspecified atom stereocenters. The van der Waals surface area contributed by atoms with Crippen molar-refractivity contribution < 1.29 is 9.59 Å². The predicted molar refractivity (Wildman–Crippen MR) is 114 cm³/mol. The van der Waals surface area contributed by atoms with Crippen molar-refractivity contribution in [1.29, 1.82) is 0 Å². The number of carbonyl (C=O) groups excluding carboxylic acids is 2. The molecule has 4 rings (SSSR count). The Morgan fingerprint density at radius 3 is 2.40 bits per heavy atom. The van der Waals surface area contributed by atoms with Gasteiger partial charge in [-0.3, -0.25) is 14.0 Å². The second kappa shape index (κ2) is 8.65. The Morgan fingerprint density at radius 2 is 1.70 bits per heavy atom. The number of aromatic nitrogens is 3. The maximum absolute atomic E-state index is 13.2. The first-order valence-electron chi connectivity index (χ1n) is 10.5. The van der Waals surface area contributed by atoms with Gasteiger partial charge in [0.15, 0.2) is 5.65 Å². The van der Waals surface area contributed by atoms with E-state index in [4.69, 9.17) is 0 Å². The summed E-state index contributed by atoms with van der Waals surface area (Å²) in [6.45, 7) is 5.22. The Balaban J connectivity index is 1.41. The molecule has 1 N–H and O–H groups in total. The topological polar surface area (TPSA) is 79.6 Å². The number of nitrogens with zero attached hydrogens (tertiary/aromatic N) is 4. The summed E-state index contributed by atoms with van der Waals surface area (Å²) in [7, 11) is 0. The van der Waals surface area contributed by atoms with Crippen LogP contribution < -0.4 is 5.32 Å². The van der Waals surface area contributed by atoms with E-state index >= 15 is 0 Å². The van der Waals surface area contributed by atoms with Crippen LogP contribution in [0.15, 0.2) is 54.7 Å². The van der Waals surface area contributed by atoms with Crippen molar-refractivity contribution in [2.24, 2.45) is 5.92 Å². The number of piperidine rings is 1. The Hall–Kier alpha value is -3.22. The smallest absolute Gasteiger partial charge is 0.251 e. The molecule has 7 nitrogen and oxygen atoms in total. The van der Waals surface area contributed by atoms with Gasteiger partial charge in [-0.15, -0.1) is 10.2 Å². The number of carbonyl (C=O) groups is 2. The fourth-order valence-corrected chi connectivity index (χ4v) is 4.02. The highest BCUT2D eigenvalue weighted by atomic mass is 16.2. The highest BCUT2D eigenvalue weighted by Crippen LogP contribution is 2.27. The molecule has 2 amide bonds. The quantitative estimate of drug-likeness (QED) is 0.708. The third kappa shape index (κ3) is 4.06. The highest BCUT2D eigenvalue weighted by Gasteiger charge is 2.32. The van der Waals surface area contributed by atoms with Gasteiger partial charge < -0.3 is 10.2 Å². The molecule has 3 aromatic rings. The summed E-state index contributed by atoms with van der Waals surface area (Å²) >= 11 is 0. The van der Waals surface area contributed by atoms with Crippen LogP contribution in [0.25, 0.3) is 5.65 Å². The number of likely N-dealkylation sites (tertiary alicyclic amines) is 1. The van der Waals surface area contributed by atoms with Gasteiger partial charge in [-0.25, -0.2) is 0 Å². The SMILES string of the molecule is CC(C)[C@H](NC(=O)c1ccccc1)C(=O)N1CCC(c2nnc3ccccn23)CC1. The zero-order valence-corrected chi connectivity index (χ0v) is 17.4. The van der Waals surface area contributed by atoms with Crippen LogP contribution in [0.5, 0.6) is 0 Å². The molecule has 1 atom stereocenters. The number of benzene rings is 1. The zero-order valence-electron chi connectivity index (χ0n) is 17.4. The minimum absolute atomic E-state index is 0.00308. The van der Waals surface area contributed by atoms with E-state index in [0.29, 0.717) is 18.7 Å². The number of nitrogens with one attached hydrogen (secondary N) is 1. The standard InChI is InChI=1S/C23H27N5O2/c1-16(2)20(24-22(29)18-8-4-3-5-9-18)23(30)27-14-11-17(12-15-27)21-26-25-19-10-6-7-13-28(19)21/h3-10,13,16-17,20H,11-12,14-15H2,1-2H3,(H,24,29)/t20-/m0/s1. The molecular formula is C23H27N5O2. The molecule has 0 spiro atoms. The summed E-state index contributed by atoms with van der Waals surface area (Å²) in [5.74, 6) is 0.993. The number of hydrogen-bond donors (Lipinski definition) is 1. The molecule has 7 heteroatoms. The van der Waals surface area contributed by atoms with Gasteiger partial charge in [0.2, 0.25) is 5.91 Å². The first-order chi connectivity index (χ1) is 14.5. The van der Waals surface area contributed by atoms with Gasteiger partial charge >= 0.3 is 0 Å². The van der Waals surface area contributed by atoms with Crippen molar-refractivity contribution in [3.05, 3.63) is 66.1 Å². The molecule has 0 aliphatic carbocycles. The first-order valence-corrected chi connectivity index (χ1v) is 10.5. The Bertz CT molecular complexity index is 1020. The first kappa shape index (κ1) is 20.1. The summed E-state index contributed by atoms with van der Waals surface area (Å²) < 4.78 is 2.03. The highest BCUT2D eigenvalue weighted by molar-refractivity contribution is 5.97. The molecule has 30 heavy (non-hydrogen) atoms. The Kier molecular flexibility index (Phi) is 5.79. The average molecular weight is 406 g/mol. The Morgan fingerprint density at radius 1 is 1.00 bits per heavy atom. The van der Waals surface area contributed by atoms with E-state index in [1.54, 1.807) is 12.1 Å². The molecule has 1 aliphatic rings. The van der Waals surface area contributed by atoms with Crippen LogP contribution in [0.3, 0.4) is 0 Å². The van der Waals surface area contributed by atoms with Crippen molar-refractivity contribution in [2.75, 3.05) is 13.1 Å². The molecule has 2 aromatic heterocycles. The minimum Gasteiger partial charge on any atom is -0.341 e. The molecule has 1 aliphatic heterocycles. The van der Waals surface area contributed by atoms with Gasteiger partial charge in [-0.2, -0.15) is 0 Å². The lowest BCUT2D eigenvalue weighted by molar-refractivity contribution is -0.135. The van der Waals surface area contributed by atoms with Gasteiger partial charge in [0, 0.05) is 30.8 Å². The summed E-state index contributed by atoms with van der Waals surface area (Å²) in [6.07, 6.45) is 3.65. The van der Waals surface area contributed by atoms with E-state index in [-0.39, 0.29) is 23.7 Å². The molecule has 0 radical (unpaired) electrons. The van der Waals surface area contributed by atoms with Gasteiger partial charge in [0.05, 0.1) is 0 Å². The third-order valence-electron chi connectivity index (χ3n) is 5.77. The van der Waals surface area contributed by atoms with Gasteiger partial charge in [-0.1, -0.05) is 38.1 Å². The van der Waals surface area contributed by atoms with E-state index in [2.05, 4.69) is 15.5 Å². The molecule has 156 valence electrons. The van der Waals surface area contributed by atoms with Crippen LogP contribution in [-0.2, 0) is 4.79 Å². The molecule has 0 saturated carbocycles.